The van der Waals surface area contributed by atoms with E-state index in [1.165, 1.54) is 0 Å². The van der Waals surface area contributed by atoms with Gasteiger partial charge in [0.05, 0.1) is 23.9 Å². The maximum absolute atomic E-state index is 11.4. The normalized spacial score (nSPS) is 10.6. The van der Waals surface area contributed by atoms with Gasteiger partial charge >= 0.3 is 5.97 Å². The molecule has 22 heavy (non-hydrogen) atoms. The highest BCUT2D eigenvalue weighted by molar-refractivity contribution is 5.80. The number of aromatic amines is 1. The molecule has 1 N–H and O–H groups in total. The van der Waals surface area contributed by atoms with Crippen LogP contribution in [0.1, 0.15) is 6.92 Å². The topological polar surface area (TPSA) is 77.1 Å². The fourth-order valence-corrected chi connectivity index (χ4v) is 2.11. The van der Waals surface area contributed by atoms with Crippen LogP contribution in [0.4, 0.5) is 0 Å². The summed E-state index contributed by atoms with van der Waals surface area (Å²) >= 11 is 0. The number of H-pyrrole nitrogens is 1. The van der Waals surface area contributed by atoms with Gasteiger partial charge < -0.3 is 14.5 Å². The Bertz CT molecular complexity index is 765. The maximum Gasteiger partial charge on any atom is 0.344 e. The quantitative estimate of drug-likeness (QED) is 0.732. The SMILES string of the molecule is CCOC(=O)COc1ccccc1-c1nc2cnccc2[nH]1. The Balaban J connectivity index is 1.88. The van der Waals surface area contributed by atoms with E-state index in [0.29, 0.717) is 18.2 Å². The Morgan fingerprint density at radius 1 is 1.27 bits per heavy atom. The van der Waals surface area contributed by atoms with Gasteiger partial charge in [-0.2, -0.15) is 0 Å². The molecule has 0 spiro atoms. The van der Waals surface area contributed by atoms with Gasteiger partial charge in [-0.1, -0.05) is 12.1 Å². The number of fused-ring (bicyclic) bond motifs is 1. The van der Waals surface area contributed by atoms with Crippen molar-refractivity contribution < 1.29 is 14.3 Å². The molecule has 3 rings (SSSR count). The van der Waals surface area contributed by atoms with E-state index in [4.69, 9.17) is 9.47 Å². The Kier molecular flexibility index (Phi) is 4.00. The number of pyridine rings is 1. The number of rotatable bonds is 5. The van der Waals surface area contributed by atoms with Crippen molar-refractivity contribution in [3.05, 3.63) is 42.7 Å². The summed E-state index contributed by atoms with van der Waals surface area (Å²) in [6.07, 6.45) is 3.39. The first kappa shape index (κ1) is 14.1. The fourth-order valence-electron chi connectivity index (χ4n) is 2.11. The van der Waals surface area contributed by atoms with E-state index in [2.05, 4.69) is 15.0 Å². The average molecular weight is 297 g/mol. The van der Waals surface area contributed by atoms with Gasteiger partial charge in [0, 0.05) is 6.20 Å². The number of esters is 1. The van der Waals surface area contributed by atoms with Crippen molar-refractivity contribution in [2.45, 2.75) is 6.92 Å². The Labute approximate surface area is 127 Å². The van der Waals surface area contributed by atoms with Crippen LogP contribution in [-0.2, 0) is 9.53 Å². The number of carbonyl (C=O) groups excluding carboxylic acids is 1. The molecule has 6 nitrogen and oxygen atoms in total. The highest BCUT2D eigenvalue weighted by Gasteiger charge is 2.12. The van der Waals surface area contributed by atoms with Gasteiger partial charge in [-0.25, -0.2) is 9.78 Å². The molecular formula is C16H15N3O3. The standard InChI is InChI=1S/C16H15N3O3/c1-2-21-15(20)10-22-14-6-4-3-5-11(14)16-18-12-7-8-17-9-13(12)19-16/h3-9H,2,10H2,1H3,(H,18,19). The zero-order valence-electron chi connectivity index (χ0n) is 12.1. The number of imidazole rings is 1. The number of carbonyl (C=O) groups is 1. The molecule has 112 valence electrons. The van der Waals surface area contributed by atoms with E-state index in [-0.39, 0.29) is 6.61 Å². The predicted octanol–water partition coefficient (Wildman–Crippen LogP) is 2.57. The first-order valence-corrected chi connectivity index (χ1v) is 6.95. The largest absolute Gasteiger partial charge is 0.481 e. The van der Waals surface area contributed by atoms with Gasteiger partial charge in [-0.05, 0) is 25.1 Å². The second-order valence-corrected chi connectivity index (χ2v) is 4.57. The van der Waals surface area contributed by atoms with Crippen molar-refractivity contribution in [1.29, 1.82) is 0 Å². The van der Waals surface area contributed by atoms with Crippen molar-refractivity contribution in [3.8, 4) is 17.1 Å². The minimum atomic E-state index is -0.397. The van der Waals surface area contributed by atoms with Crippen LogP contribution in [0.5, 0.6) is 5.75 Å². The molecule has 0 atom stereocenters. The Morgan fingerprint density at radius 3 is 2.95 bits per heavy atom. The van der Waals surface area contributed by atoms with Gasteiger partial charge in [0.1, 0.15) is 17.1 Å². The van der Waals surface area contributed by atoms with Crippen molar-refractivity contribution >= 4 is 17.0 Å². The monoisotopic (exact) mass is 297 g/mol. The lowest BCUT2D eigenvalue weighted by atomic mass is 10.2. The molecule has 1 aromatic carbocycles. The minimum absolute atomic E-state index is 0.132. The van der Waals surface area contributed by atoms with Crippen LogP contribution < -0.4 is 4.74 Å². The van der Waals surface area contributed by atoms with Crippen LogP contribution in [0.3, 0.4) is 0 Å². The number of nitrogens with one attached hydrogen (secondary N) is 1. The molecule has 3 aromatic rings. The lowest BCUT2D eigenvalue weighted by Crippen LogP contribution is -2.14. The first-order chi connectivity index (χ1) is 10.8. The summed E-state index contributed by atoms with van der Waals surface area (Å²) in [5.74, 6) is 0.844. The maximum atomic E-state index is 11.4. The van der Waals surface area contributed by atoms with Crippen LogP contribution in [-0.4, -0.2) is 34.1 Å². The molecular weight excluding hydrogens is 282 g/mol. The molecule has 0 bridgehead atoms. The fraction of sp³-hybridized carbons (Fsp3) is 0.188. The van der Waals surface area contributed by atoms with E-state index < -0.39 is 5.97 Å². The number of ether oxygens (including phenoxy) is 2. The average Bonchev–Trinajstić information content (AvgIpc) is 2.97. The molecule has 2 heterocycles. The zero-order valence-corrected chi connectivity index (χ0v) is 12.1. The number of aromatic nitrogens is 3. The first-order valence-electron chi connectivity index (χ1n) is 6.95. The summed E-state index contributed by atoms with van der Waals surface area (Å²) in [4.78, 5) is 23.2. The number of hydrogen-bond donors (Lipinski definition) is 1. The van der Waals surface area contributed by atoms with Gasteiger partial charge in [0.15, 0.2) is 6.61 Å². The van der Waals surface area contributed by atoms with Gasteiger partial charge in [0.25, 0.3) is 0 Å². The van der Waals surface area contributed by atoms with E-state index in [9.17, 15) is 4.79 Å². The van der Waals surface area contributed by atoms with Crippen LogP contribution in [0, 0.1) is 0 Å². The summed E-state index contributed by atoms with van der Waals surface area (Å²) in [5, 5.41) is 0. The number of para-hydroxylation sites is 1. The third-order valence-corrected chi connectivity index (χ3v) is 3.08. The minimum Gasteiger partial charge on any atom is -0.481 e. The molecule has 0 saturated heterocycles. The molecule has 0 amide bonds. The Hall–Kier alpha value is -2.89. The highest BCUT2D eigenvalue weighted by Crippen LogP contribution is 2.29. The molecule has 0 unspecified atom stereocenters. The molecule has 0 aliphatic rings. The van der Waals surface area contributed by atoms with E-state index >= 15 is 0 Å². The van der Waals surface area contributed by atoms with Crippen molar-refractivity contribution in [2.75, 3.05) is 13.2 Å². The zero-order chi connectivity index (χ0) is 15.4. The highest BCUT2D eigenvalue weighted by atomic mass is 16.6. The van der Waals surface area contributed by atoms with E-state index in [1.54, 1.807) is 25.4 Å². The third kappa shape index (κ3) is 2.90. The van der Waals surface area contributed by atoms with Gasteiger partial charge in [-0.15, -0.1) is 0 Å². The van der Waals surface area contributed by atoms with E-state index in [1.807, 2.05) is 24.3 Å². The van der Waals surface area contributed by atoms with Crippen LogP contribution in [0.15, 0.2) is 42.7 Å². The summed E-state index contributed by atoms with van der Waals surface area (Å²) in [6.45, 7) is 1.96. The summed E-state index contributed by atoms with van der Waals surface area (Å²) < 4.78 is 10.4. The molecule has 0 fully saturated rings. The molecule has 0 saturated carbocycles. The van der Waals surface area contributed by atoms with Crippen molar-refractivity contribution in [3.63, 3.8) is 0 Å². The predicted molar refractivity (Wildman–Crippen MR) is 81.5 cm³/mol. The third-order valence-electron chi connectivity index (χ3n) is 3.08. The van der Waals surface area contributed by atoms with Crippen LogP contribution in [0.25, 0.3) is 22.4 Å². The van der Waals surface area contributed by atoms with Crippen molar-refractivity contribution in [2.24, 2.45) is 0 Å². The summed E-state index contributed by atoms with van der Waals surface area (Å²) in [5.41, 5.74) is 2.45. The molecule has 2 aromatic heterocycles. The summed E-state index contributed by atoms with van der Waals surface area (Å²) in [6, 6.07) is 9.26. The van der Waals surface area contributed by atoms with E-state index in [0.717, 1.165) is 16.6 Å². The van der Waals surface area contributed by atoms with Crippen molar-refractivity contribution in [1.82, 2.24) is 15.0 Å². The van der Waals surface area contributed by atoms with Crippen LogP contribution in [0.2, 0.25) is 0 Å². The molecule has 6 heteroatoms. The number of nitrogens with zero attached hydrogens (tertiary/aromatic N) is 2. The molecule has 0 aliphatic heterocycles. The second-order valence-electron chi connectivity index (χ2n) is 4.57. The number of hydrogen-bond acceptors (Lipinski definition) is 5. The Morgan fingerprint density at radius 2 is 2.14 bits per heavy atom. The molecule has 0 aliphatic carbocycles. The van der Waals surface area contributed by atoms with Gasteiger partial charge in [0.2, 0.25) is 0 Å². The number of benzene rings is 1. The van der Waals surface area contributed by atoms with Gasteiger partial charge in [-0.3, -0.25) is 4.98 Å². The molecule has 0 radical (unpaired) electrons. The lowest BCUT2D eigenvalue weighted by Gasteiger charge is -2.09. The summed E-state index contributed by atoms with van der Waals surface area (Å²) in [7, 11) is 0. The smallest absolute Gasteiger partial charge is 0.344 e. The second kappa shape index (κ2) is 6.26. The lowest BCUT2D eigenvalue weighted by molar-refractivity contribution is -0.145. The van der Waals surface area contributed by atoms with Crippen LogP contribution >= 0.6 is 0 Å².